The molecule has 2 aromatic carbocycles. The summed E-state index contributed by atoms with van der Waals surface area (Å²) in [5.74, 6) is 1.31. The lowest BCUT2D eigenvalue weighted by molar-refractivity contribution is 0.198. The Balaban J connectivity index is 2.31. The van der Waals surface area contributed by atoms with Crippen molar-refractivity contribution in [2.24, 2.45) is 0 Å². The van der Waals surface area contributed by atoms with Crippen LogP contribution in [0.5, 0.6) is 11.5 Å². The molecule has 0 saturated carbocycles. The number of aliphatic hydroxyl groups is 1. The van der Waals surface area contributed by atoms with Crippen molar-refractivity contribution in [1.82, 2.24) is 0 Å². The predicted molar refractivity (Wildman–Crippen MR) is 80.7 cm³/mol. The van der Waals surface area contributed by atoms with Gasteiger partial charge >= 0.3 is 0 Å². The molecule has 2 rings (SSSR count). The van der Waals surface area contributed by atoms with Crippen molar-refractivity contribution < 1.29 is 9.84 Å². The maximum absolute atomic E-state index is 9.59. The van der Waals surface area contributed by atoms with Gasteiger partial charge in [-0.05, 0) is 49.2 Å². The van der Waals surface area contributed by atoms with E-state index < -0.39 is 6.10 Å². The summed E-state index contributed by atoms with van der Waals surface area (Å²) in [6, 6.07) is 12.8. The van der Waals surface area contributed by atoms with Crippen LogP contribution in [0.25, 0.3) is 0 Å². The smallest absolute Gasteiger partial charge is 0.131 e. The summed E-state index contributed by atoms with van der Waals surface area (Å²) < 4.78 is 6.60. The van der Waals surface area contributed by atoms with E-state index in [1.807, 2.05) is 19.1 Å². The summed E-state index contributed by atoms with van der Waals surface area (Å²) in [5, 5.41) is 18.5. The summed E-state index contributed by atoms with van der Waals surface area (Å²) in [7, 11) is 0. The van der Waals surface area contributed by atoms with Gasteiger partial charge in [0.2, 0.25) is 0 Å². The van der Waals surface area contributed by atoms with Gasteiger partial charge in [-0.15, -0.1) is 0 Å². The summed E-state index contributed by atoms with van der Waals surface area (Å²) in [4.78, 5) is 0. The van der Waals surface area contributed by atoms with Crippen LogP contribution < -0.4 is 4.74 Å². The van der Waals surface area contributed by atoms with E-state index >= 15 is 0 Å². The van der Waals surface area contributed by atoms with E-state index in [0.717, 1.165) is 15.6 Å². The van der Waals surface area contributed by atoms with Gasteiger partial charge in [-0.3, -0.25) is 0 Å². The molecule has 102 valence electrons. The summed E-state index contributed by atoms with van der Waals surface area (Å²) in [6.45, 7) is 3.64. The summed E-state index contributed by atoms with van der Waals surface area (Å²) in [5.41, 5.74) is 2.32. The molecular weight excluding hydrogens is 318 g/mol. The second kappa shape index (κ2) is 6.08. The third-order valence-electron chi connectivity index (χ3n) is 2.97. The first kappa shape index (κ1) is 14.6. The topological polar surface area (TPSA) is 53.2 Å². The zero-order chi connectivity index (χ0) is 14.7. The summed E-state index contributed by atoms with van der Waals surface area (Å²) >= 11 is 3.42. The molecule has 0 aliphatic rings. The molecule has 0 aromatic heterocycles. The molecule has 3 nitrogen and oxygen atoms in total. The zero-order valence-corrected chi connectivity index (χ0v) is 12.8. The maximum atomic E-state index is 9.59. The largest absolute Gasteiger partial charge is 0.457 e. The molecule has 0 fully saturated rings. The number of aryl methyl sites for hydroxylation is 1. The number of nitrogens with zero attached hydrogens (tertiary/aromatic N) is 1. The van der Waals surface area contributed by atoms with E-state index in [1.54, 1.807) is 31.2 Å². The maximum Gasteiger partial charge on any atom is 0.131 e. The Bertz CT molecular complexity index is 675. The van der Waals surface area contributed by atoms with Crippen LogP contribution in [0.1, 0.15) is 29.7 Å². The van der Waals surface area contributed by atoms with Crippen LogP contribution in [0.2, 0.25) is 0 Å². The van der Waals surface area contributed by atoms with Gasteiger partial charge in [0.1, 0.15) is 11.5 Å². The minimum Gasteiger partial charge on any atom is -0.457 e. The molecular formula is C16H14BrNO2. The molecule has 0 radical (unpaired) electrons. The van der Waals surface area contributed by atoms with Crippen molar-refractivity contribution in [1.29, 1.82) is 5.26 Å². The molecule has 0 heterocycles. The number of rotatable bonds is 3. The van der Waals surface area contributed by atoms with Gasteiger partial charge in [0, 0.05) is 4.47 Å². The van der Waals surface area contributed by atoms with Crippen LogP contribution in [0.4, 0.5) is 0 Å². The Hall–Kier alpha value is -1.83. The highest BCUT2D eigenvalue weighted by molar-refractivity contribution is 9.10. The number of hydrogen-bond donors (Lipinski definition) is 1. The van der Waals surface area contributed by atoms with Crippen LogP contribution in [-0.2, 0) is 0 Å². The third kappa shape index (κ3) is 3.19. The molecule has 0 aliphatic carbocycles. The average molecular weight is 332 g/mol. The Labute approximate surface area is 126 Å². The molecule has 1 atom stereocenters. The van der Waals surface area contributed by atoms with Crippen molar-refractivity contribution >= 4 is 15.9 Å². The SMILES string of the molecule is Cc1ccc(C#N)cc1Oc1ccc(C(C)O)c(Br)c1. The van der Waals surface area contributed by atoms with E-state index in [9.17, 15) is 5.11 Å². The van der Waals surface area contributed by atoms with Gasteiger partial charge in [0.15, 0.2) is 0 Å². The molecule has 4 heteroatoms. The third-order valence-corrected chi connectivity index (χ3v) is 3.65. The second-order valence-electron chi connectivity index (χ2n) is 4.55. The number of aliphatic hydroxyl groups excluding tert-OH is 1. The Morgan fingerprint density at radius 1 is 1.25 bits per heavy atom. The first-order chi connectivity index (χ1) is 9.51. The molecule has 2 aromatic rings. The average Bonchev–Trinajstić information content (AvgIpc) is 2.41. The molecule has 0 spiro atoms. The lowest BCUT2D eigenvalue weighted by atomic mass is 10.1. The number of halogens is 1. The van der Waals surface area contributed by atoms with E-state index in [1.165, 1.54) is 0 Å². The minimum absolute atomic E-state index is 0.540. The van der Waals surface area contributed by atoms with Crippen molar-refractivity contribution in [3.8, 4) is 17.6 Å². The predicted octanol–water partition coefficient (Wildman–Crippen LogP) is 4.47. The molecule has 20 heavy (non-hydrogen) atoms. The first-order valence-corrected chi connectivity index (χ1v) is 6.96. The fourth-order valence-electron chi connectivity index (χ4n) is 1.82. The second-order valence-corrected chi connectivity index (χ2v) is 5.41. The zero-order valence-electron chi connectivity index (χ0n) is 11.2. The minimum atomic E-state index is -0.540. The van der Waals surface area contributed by atoms with E-state index in [0.29, 0.717) is 17.1 Å². The lowest BCUT2D eigenvalue weighted by Gasteiger charge is -2.12. The molecule has 0 amide bonds. The van der Waals surface area contributed by atoms with Crippen LogP contribution in [0, 0.1) is 18.3 Å². The van der Waals surface area contributed by atoms with Gasteiger partial charge in [-0.25, -0.2) is 0 Å². The fourth-order valence-corrected chi connectivity index (χ4v) is 2.51. The van der Waals surface area contributed by atoms with Crippen molar-refractivity contribution in [3.63, 3.8) is 0 Å². The van der Waals surface area contributed by atoms with Crippen molar-refractivity contribution in [2.45, 2.75) is 20.0 Å². The highest BCUT2D eigenvalue weighted by Gasteiger charge is 2.09. The van der Waals surface area contributed by atoms with E-state index in [4.69, 9.17) is 10.00 Å². The van der Waals surface area contributed by atoms with Gasteiger partial charge < -0.3 is 9.84 Å². The molecule has 1 unspecified atom stereocenters. The molecule has 1 N–H and O–H groups in total. The summed E-state index contributed by atoms with van der Waals surface area (Å²) in [6.07, 6.45) is -0.540. The highest BCUT2D eigenvalue weighted by atomic mass is 79.9. The van der Waals surface area contributed by atoms with Gasteiger partial charge in [-0.2, -0.15) is 5.26 Å². The van der Waals surface area contributed by atoms with Crippen LogP contribution in [0.15, 0.2) is 40.9 Å². The monoisotopic (exact) mass is 331 g/mol. The van der Waals surface area contributed by atoms with Crippen LogP contribution >= 0.6 is 15.9 Å². The van der Waals surface area contributed by atoms with Crippen LogP contribution in [-0.4, -0.2) is 5.11 Å². The van der Waals surface area contributed by atoms with Gasteiger partial charge in [-0.1, -0.05) is 28.1 Å². The number of nitriles is 1. The van der Waals surface area contributed by atoms with E-state index in [-0.39, 0.29) is 0 Å². The Morgan fingerprint density at radius 3 is 2.60 bits per heavy atom. The lowest BCUT2D eigenvalue weighted by Crippen LogP contribution is -1.94. The quantitative estimate of drug-likeness (QED) is 0.902. The number of hydrogen-bond acceptors (Lipinski definition) is 3. The van der Waals surface area contributed by atoms with Gasteiger partial charge in [0.05, 0.1) is 17.7 Å². The van der Waals surface area contributed by atoms with Gasteiger partial charge in [0.25, 0.3) is 0 Å². The standard InChI is InChI=1S/C16H14BrNO2/c1-10-3-4-12(9-18)7-16(10)20-13-5-6-14(11(2)19)15(17)8-13/h3-8,11,19H,1-2H3. The molecule has 0 bridgehead atoms. The fraction of sp³-hybridized carbons (Fsp3) is 0.188. The van der Waals surface area contributed by atoms with Crippen molar-refractivity contribution in [3.05, 3.63) is 57.6 Å². The Kier molecular flexibility index (Phi) is 4.43. The van der Waals surface area contributed by atoms with Crippen LogP contribution in [0.3, 0.4) is 0 Å². The molecule has 0 aliphatic heterocycles. The number of benzene rings is 2. The van der Waals surface area contributed by atoms with E-state index in [2.05, 4.69) is 22.0 Å². The van der Waals surface area contributed by atoms with Crippen molar-refractivity contribution in [2.75, 3.05) is 0 Å². The normalized spacial score (nSPS) is 11.8. The first-order valence-electron chi connectivity index (χ1n) is 6.17. The molecule has 0 saturated heterocycles. The number of ether oxygens (including phenoxy) is 1. The highest BCUT2D eigenvalue weighted by Crippen LogP contribution is 2.31. The Morgan fingerprint density at radius 2 is 2.00 bits per heavy atom.